The van der Waals surface area contributed by atoms with Crippen molar-refractivity contribution in [2.45, 2.75) is 90.4 Å². The molecule has 0 unspecified atom stereocenters. The maximum absolute atomic E-state index is 3.55. The number of nitrogens with zero attached hydrogens (tertiary/aromatic N) is 1. The van der Waals surface area contributed by atoms with E-state index in [1.54, 1.807) is 0 Å². The third-order valence-electron chi connectivity index (χ3n) is 4.17. The van der Waals surface area contributed by atoms with E-state index >= 15 is 0 Å². The third kappa shape index (κ3) is 19.9. The summed E-state index contributed by atoms with van der Waals surface area (Å²) in [7, 11) is 4.29. The molecule has 128 valence electrons. The molecule has 0 aromatic carbocycles. The summed E-state index contributed by atoms with van der Waals surface area (Å²) in [5.41, 5.74) is 0. The molecule has 0 fully saturated rings. The van der Waals surface area contributed by atoms with Gasteiger partial charge in [0, 0.05) is 0 Å². The van der Waals surface area contributed by atoms with E-state index in [4.69, 9.17) is 0 Å². The Balaban J connectivity index is 2.93. The first-order chi connectivity index (χ1) is 10.3. The van der Waals surface area contributed by atoms with Crippen molar-refractivity contribution in [1.29, 1.82) is 0 Å². The molecule has 0 aromatic heterocycles. The van der Waals surface area contributed by atoms with Crippen LogP contribution in [0, 0.1) is 0 Å². The highest BCUT2D eigenvalue weighted by molar-refractivity contribution is 4.52. The summed E-state index contributed by atoms with van der Waals surface area (Å²) < 4.78 is 0. The Morgan fingerprint density at radius 1 is 0.571 bits per heavy atom. The summed E-state index contributed by atoms with van der Waals surface area (Å²) in [5.74, 6) is 0. The van der Waals surface area contributed by atoms with Crippen LogP contribution in [0.3, 0.4) is 0 Å². The Hall–Kier alpha value is -0.0800. The molecule has 0 amide bonds. The zero-order chi connectivity index (χ0) is 15.6. The summed E-state index contributed by atoms with van der Waals surface area (Å²) in [5, 5.41) is 3.55. The van der Waals surface area contributed by atoms with E-state index < -0.39 is 0 Å². The Labute approximate surface area is 135 Å². The van der Waals surface area contributed by atoms with E-state index in [9.17, 15) is 0 Å². The molecule has 0 aliphatic carbocycles. The van der Waals surface area contributed by atoms with Gasteiger partial charge < -0.3 is 10.2 Å². The van der Waals surface area contributed by atoms with Crippen molar-refractivity contribution in [3.63, 3.8) is 0 Å². The molecular weight excluding hydrogens is 256 g/mol. The van der Waals surface area contributed by atoms with Crippen molar-refractivity contribution in [1.82, 2.24) is 10.2 Å². The largest absolute Gasteiger partial charge is 0.317 e. The number of hydrogen-bond acceptors (Lipinski definition) is 2. The fourth-order valence-corrected chi connectivity index (χ4v) is 2.74. The van der Waals surface area contributed by atoms with Gasteiger partial charge >= 0.3 is 0 Å². The van der Waals surface area contributed by atoms with Crippen molar-refractivity contribution in [2.75, 3.05) is 33.7 Å². The van der Waals surface area contributed by atoms with Crippen molar-refractivity contribution in [3.05, 3.63) is 0 Å². The minimum atomic E-state index is 1.18. The molecule has 0 aliphatic heterocycles. The van der Waals surface area contributed by atoms with Crippen molar-refractivity contribution >= 4 is 0 Å². The molecular formula is C19H42N2. The number of rotatable bonds is 17. The molecule has 0 bridgehead atoms. The normalized spacial score (nSPS) is 11.4. The van der Waals surface area contributed by atoms with E-state index in [0.717, 1.165) is 0 Å². The summed E-state index contributed by atoms with van der Waals surface area (Å²) in [6.45, 7) is 5.88. The molecule has 0 saturated carbocycles. The van der Waals surface area contributed by atoms with E-state index in [0.29, 0.717) is 0 Å². The van der Waals surface area contributed by atoms with E-state index in [-0.39, 0.29) is 0 Å². The lowest BCUT2D eigenvalue weighted by molar-refractivity contribution is 0.393. The minimum Gasteiger partial charge on any atom is -0.317 e. The Morgan fingerprint density at radius 2 is 1.00 bits per heavy atom. The highest BCUT2D eigenvalue weighted by atomic mass is 15.0. The molecule has 0 radical (unpaired) electrons. The van der Waals surface area contributed by atoms with Crippen LogP contribution in [0.4, 0.5) is 0 Å². The molecule has 2 heteroatoms. The zero-order valence-electron chi connectivity index (χ0n) is 15.3. The summed E-state index contributed by atoms with van der Waals surface area (Å²) in [6.07, 6.45) is 18.5. The van der Waals surface area contributed by atoms with Gasteiger partial charge in [-0.05, 0) is 46.6 Å². The fraction of sp³-hybridized carbons (Fsp3) is 1.00. The Kier molecular flexibility index (Phi) is 17.9. The van der Waals surface area contributed by atoms with Crippen LogP contribution in [0.1, 0.15) is 90.4 Å². The van der Waals surface area contributed by atoms with E-state index in [1.165, 1.54) is 103 Å². The Morgan fingerprint density at radius 3 is 1.48 bits per heavy atom. The number of nitrogens with one attached hydrogen (secondary N) is 1. The van der Waals surface area contributed by atoms with Crippen molar-refractivity contribution in [3.8, 4) is 0 Å². The van der Waals surface area contributed by atoms with Gasteiger partial charge in [-0.3, -0.25) is 0 Å². The molecule has 2 nitrogen and oxygen atoms in total. The molecule has 0 rings (SSSR count). The number of unbranched alkanes of at least 4 members (excludes halogenated alkanes) is 11. The maximum atomic E-state index is 3.55. The van der Waals surface area contributed by atoms with Gasteiger partial charge in [0.1, 0.15) is 0 Å². The van der Waals surface area contributed by atoms with Crippen LogP contribution in [0.15, 0.2) is 0 Å². The Bertz CT molecular complexity index is 180. The quantitative estimate of drug-likeness (QED) is 0.370. The average Bonchev–Trinajstić information content (AvgIpc) is 2.46. The lowest BCUT2D eigenvalue weighted by atomic mass is 10.1. The molecule has 0 aliphatic rings. The first-order valence-electron chi connectivity index (χ1n) is 9.62. The highest BCUT2D eigenvalue weighted by Gasteiger charge is 1.94. The zero-order valence-corrected chi connectivity index (χ0v) is 15.3. The van der Waals surface area contributed by atoms with Crippen LogP contribution in [0.5, 0.6) is 0 Å². The maximum Gasteiger partial charge on any atom is -0.00127 e. The van der Waals surface area contributed by atoms with Crippen LogP contribution < -0.4 is 5.32 Å². The van der Waals surface area contributed by atoms with E-state index in [2.05, 4.69) is 31.2 Å². The van der Waals surface area contributed by atoms with Gasteiger partial charge in [-0.25, -0.2) is 0 Å². The second kappa shape index (κ2) is 18.0. The lowest BCUT2D eigenvalue weighted by Crippen LogP contribution is -2.22. The van der Waals surface area contributed by atoms with Gasteiger partial charge in [0.2, 0.25) is 0 Å². The predicted molar refractivity (Wildman–Crippen MR) is 97.1 cm³/mol. The molecule has 0 aromatic rings. The van der Waals surface area contributed by atoms with Gasteiger partial charge in [-0.2, -0.15) is 0 Å². The van der Waals surface area contributed by atoms with Crippen LogP contribution in [-0.2, 0) is 0 Å². The van der Waals surface area contributed by atoms with Crippen molar-refractivity contribution < 1.29 is 0 Å². The summed E-state index contributed by atoms with van der Waals surface area (Å²) in [6, 6.07) is 0. The lowest BCUT2D eigenvalue weighted by Gasteiger charge is -2.09. The first kappa shape index (κ1) is 20.9. The third-order valence-corrected chi connectivity index (χ3v) is 4.17. The second-order valence-electron chi connectivity index (χ2n) is 6.80. The summed E-state index contributed by atoms with van der Waals surface area (Å²) in [4.78, 5) is 2.26. The smallest absolute Gasteiger partial charge is 0.00127 e. The van der Waals surface area contributed by atoms with E-state index in [1.807, 2.05) is 0 Å². The van der Waals surface area contributed by atoms with Gasteiger partial charge in [-0.15, -0.1) is 0 Å². The summed E-state index contributed by atoms with van der Waals surface area (Å²) >= 11 is 0. The van der Waals surface area contributed by atoms with Crippen LogP contribution in [0.2, 0.25) is 0 Å². The SMILES string of the molecule is CCCCCCCCCCCCCCNCCCN(C)C. The second-order valence-corrected chi connectivity index (χ2v) is 6.80. The molecule has 21 heavy (non-hydrogen) atoms. The molecule has 0 heterocycles. The number of hydrogen-bond donors (Lipinski definition) is 1. The molecule has 0 saturated heterocycles. The van der Waals surface area contributed by atoms with Crippen molar-refractivity contribution in [2.24, 2.45) is 0 Å². The standard InChI is InChI=1S/C19H42N2/c1-4-5-6-7-8-9-10-11-12-13-14-15-17-20-18-16-19-21(2)3/h20H,4-19H2,1-3H3. The van der Waals surface area contributed by atoms with Gasteiger partial charge in [0.25, 0.3) is 0 Å². The molecule has 0 spiro atoms. The van der Waals surface area contributed by atoms with Gasteiger partial charge in [0.05, 0.1) is 0 Å². The monoisotopic (exact) mass is 298 g/mol. The van der Waals surface area contributed by atoms with Gasteiger partial charge in [-0.1, -0.05) is 77.6 Å². The molecule has 1 N–H and O–H groups in total. The average molecular weight is 299 g/mol. The molecule has 0 atom stereocenters. The van der Waals surface area contributed by atoms with Gasteiger partial charge in [0.15, 0.2) is 0 Å². The van der Waals surface area contributed by atoms with Crippen LogP contribution in [-0.4, -0.2) is 38.6 Å². The fourth-order valence-electron chi connectivity index (χ4n) is 2.74. The predicted octanol–water partition coefficient (Wildman–Crippen LogP) is 5.23. The van der Waals surface area contributed by atoms with Crippen LogP contribution >= 0.6 is 0 Å². The van der Waals surface area contributed by atoms with Crippen LogP contribution in [0.25, 0.3) is 0 Å². The minimum absolute atomic E-state index is 1.18. The topological polar surface area (TPSA) is 15.3 Å². The highest BCUT2D eigenvalue weighted by Crippen LogP contribution is 2.11. The first-order valence-corrected chi connectivity index (χ1v) is 9.62.